The molecule has 0 aliphatic heterocycles. The summed E-state index contributed by atoms with van der Waals surface area (Å²) < 4.78 is 14.8. The minimum absolute atomic E-state index is 0.0461. The van der Waals surface area contributed by atoms with E-state index in [0.29, 0.717) is 0 Å². The summed E-state index contributed by atoms with van der Waals surface area (Å²) in [5.74, 6) is -0.782. The lowest BCUT2D eigenvalue weighted by atomic mass is 9.92. The van der Waals surface area contributed by atoms with Gasteiger partial charge in [-0.1, -0.05) is 38.1 Å². The van der Waals surface area contributed by atoms with Crippen LogP contribution < -0.4 is 5.43 Å². The van der Waals surface area contributed by atoms with Crippen molar-refractivity contribution in [2.45, 2.75) is 46.6 Å². The summed E-state index contributed by atoms with van der Waals surface area (Å²) in [6.45, 7) is 9.32. The lowest BCUT2D eigenvalue weighted by molar-refractivity contribution is -0.142. The van der Waals surface area contributed by atoms with Crippen molar-refractivity contribution >= 4 is 18.2 Å². The smallest absolute Gasteiger partial charge is 0.429 e. The number of hydrogen-bond acceptors (Lipinski definition) is 6. The average molecular weight is 394 g/mol. The Balaban J connectivity index is 3.20. The van der Waals surface area contributed by atoms with Gasteiger partial charge in [0.05, 0.1) is 32.3 Å². The van der Waals surface area contributed by atoms with E-state index in [9.17, 15) is 14.4 Å². The number of esters is 1. The van der Waals surface area contributed by atoms with Crippen LogP contribution in [0.4, 0.5) is 9.59 Å². The molecule has 0 aromatic heterocycles. The Labute approximate surface area is 166 Å². The molecule has 0 bridgehead atoms. The standard InChI is InChI=1S/C20H30N2O6/c1-7-27-19(24)21-22(20(25)28-8-2)17(13(3)4)16-11-9-15(10-12-16)14(5)18(23)26-6/h9-14,17H,7-8H2,1-6H3,(H,21,24). The maximum atomic E-state index is 12.5. The molecule has 0 saturated heterocycles. The second-order valence-electron chi connectivity index (χ2n) is 6.50. The number of carbonyl (C=O) groups is 3. The number of benzene rings is 1. The van der Waals surface area contributed by atoms with Crippen molar-refractivity contribution in [3.63, 3.8) is 0 Å². The molecule has 2 amide bonds. The van der Waals surface area contributed by atoms with Gasteiger partial charge in [-0.15, -0.1) is 0 Å². The summed E-state index contributed by atoms with van der Waals surface area (Å²) in [4.78, 5) is 36.2. The van der Waals surface area contributed by atoms with E-state index in [0.717, 1.165) is 16.1 Å². The Morgan fingerprint density at radius 2 is 1.50 bits per heavy atom. The largest absolute Gasteiger partial charge is 0.469 e. The highest BCUT2D eigenvalue weighted by Gasteiger charge is 2.31. The van der Waals surface area contributed by atoms with E-state index in [2.05, 4.69) is 5.43 Å². The molecule has 1 N–H and O–H groups in total. The number of nitrogens with zero attached hydrogens (tertiary/aromatic N) is 1. The van der Waals surface area contributed by atoms with Gasteiger partial charge >= 0.3 is 18.2 Å². The van der Waals surface area contributed by atoms with Crippen LogP contribution in [0.5, 0.6) is 0 Å². The highest BCUT2D eigenvalue weighted by Crippen LogP contribution is 2.29. The van der Waals surface area contributed by atoms with E-state index >= 15 is 0 Å². The van der Waals surface area contributed by atoms with Crippen molar-refractivity contribution in [1.29, 1.82) is 0 Å². The van der Waals surface area contributed by atoms with Crippen LogP contribution in [0, 0.1) is 5.92 Å². The Hall–Kier alpha value is -2.77. The molecule has 28 heavy (non-hydrogen) atoms. The Kier molecular flexibility index (Phi) is 9.27. The molecule has 8 nitrogen and oxygen atoms in total. The van der Waals surface area contributed by atoms with Gasteiger partial charge in [-0.25, -0.2) is 20.0 Å². The van der Waals surface area contributed by atoms with E-state index in [1.165, 1.54) is 7.11 Å². The first-order valence-electron chi connectivity index (χ1n) is 9.33. The van der Waals surface area contributed by atoms with Crippen LogP contribution in [0.2, 0.25) is 0 Å². The Morgan fingerprint density at radius 3 is 1.96 bits per heavy atom. The molecule has 0 radical (unpaired) electrons. The zero-order valence-electron chi connectivity index (χ0n) is 17.4. The fraction of sp³-hybridized carbons (Fsp3) is 0.550. The second kappa shape index (κ2) is 11.2. The van der Waals surface area contributed by atoms with Gasteiger partial charge in [0.25, 0.3) is 0 Å². The van der Waals surface area contributed by atoms with Gasteiger partial charge in [0, 0.05) is 0 Å². The quantitative estimate of drug-likeness (QED) is 0.430. The maximum absolute atomic E-state index is 12.5. The number of nitrogens with one attached hydrogen (secondary N) is 1. The molecular formula is C20H30N2O6. The summed E-state index contributed by atoms with van der Waals surface area (Å²) in [5, 5.41) is 1.14. The number of ether oxygens (including phenoxy) is 3. The minimum atomic E-state index is -0.739. The predicted octanol–water partition coefficient (Wildman–Crippen LogP) is 3.78. The summed E-state index contributed by atoms with van der Waals surface area (Å²) >= 11 is 0. The zero-order valence-corrected chi connectivity index (χ0v) is 17.4. The van der Waals surface area contributed by atoms with E-state index in [4.69, 9.17) is 14.2 Å². The molecule has 156 valence electrons. The van der Waals surface area contributed by atoms with E-state index < -0.39 is 24.1 Å². The van der Waals surface area contributed by atoms with Crippen LogP contribution in [0.1, 0.15) is 57.7 Å². The van der Waals surface area contributed by atoms with Crippen LogP contribution in [-0.2, 0) is 19.0 Å². The summed E-state index contributed by atoms with van der Waals surface area (Å²) in [5.41, 5.74) is 4.04. The maximum Gasteiger partial charge on any atom is 0.429 e. The van der Waals surface area contributed by atoms with E-state index in [1.807, 2.05) is 26.0 Å². The average Bonchev–Trinajstić information content (AvgIpc) is 2.66. The van der Waals surface area contributed by atoms with Gasteiger partial charge in [0.2, 0.25) is 0 Å². The van der Waals surface area contributed by atoms with Gasteiger partial charge in [-0.2, -0.15) is 0 Å². The summed E-state index contributed by atoms with van der Waals surface area (Å²) in [7, 11) is 1.35. The molecule has 2 unspecified atom stereocenters. The minimum Gasteiger partial charge on any atom is -0.469 e. The molecule has 8 heteroatoms. The van der Waals surface area contributed by atoms with Crippen LogP contribution in [-0.4, -0.2) is 43.5 Å². The summed E-state index contributed by atoms with van der Waals surface area (Å²) in [6.07, 6.45) is -1.42. The first-order valence-corrected chi connectivity index (χ1v) is 9.33. The number of hydrogen-bond donors (Lipinski definition) is 1. The lowest BCUT2D eigenvalue weighted by Gasteiger charge is -2.33. The molecule has 0 aliphatic rings. The van der Waals surface area contributed by atoms with Crippen LogP contribution in [0.15, 0.2) is 24.3 Å². The third-order valence-corrected chi connectivity index (χ3v) is 4.19. The Morgan fingerprint density at radius 1 is 0.964 bits per heavy atom. The molecule has 0 heterocycles. The fourth-order valence-corrected chi connectivity index (χ4v) is 2.81. The normalized spacial score (nSPS) is 12.7. The van der Waals surface area contributed by atoms with Crippen molar-refractivity contribution in [2.24, 2.45) is 5.92 Å². The van der Waals surface area contributed by atoms with Crippen LogP contribution >= 0.6 is 0 Å². The lowest BCUT2D eigenvalue weighted by Crippen LogP contribution is -2.50. The van der Waals surface area contributed by atoms with Crippen LogP contribution in [0.3, 0.4) is 0 Å². The number of amides is 2. The summed E-state index contributed by atoms with van der Waals surface area (Å²) in [6, 6.07) is 6.75. The van der Waals surface area contributed by atoms with Crippen molar-refractivity contribution in [3.8, 4) is 0 Å². The van der Waals surface area contributed by atoms with E-state index in [-0.39, 0.29) is 25.1 Å². The van der Waals surface area contributed by atoms with Gasteiger partial charge in [0.15, 0.2) is 0 Å². The van der Waals surface area contributed by atoms with Gasteiger partial charge in [-0.05, 0) is 37.8 Å². The highest BCUT2D eigenvalue weighted by atomic mass is 16.6. The van der Waals surface area contributed by atoms with E-state index in [1.54, 1.807) is 32.9 Å². The molecular weight excluding hydrogens is 364 g/mol. The molecule has 1 rings (SSSR count). The second-order valence-corrected chi connectivity index (χ2v) is 6.50. The fourth-order valence-electron chi connectivity index (χ4n) is 2.81. The van der Waals surface area contributed by atoms with Crippen molar-refractivity contribution < 1.29 is 28.6 Å². The van der Waals surface area contributed by atoms with Gasteiger partial charge in [0.1, 0.15) is 0 Å². The monoisotopic (exact) mass is 394 g/mol. The number of methoxy groups -OCH3 is 1. The molecule has 1 aromatic rings. The predicted molar refractivity (Wildman–Crippen MR) is 103 cm³/mol. The third-order valence-electron chi connectivity index (χ3n) is 4.19. The van der Waals surface area contributed by atoms with Gasteiger partial charge < -0.3 is 14.2 Å². The molecule has 2 atom stereocenters. The highest BCUT2D eigenvalue weighted by molar-refractivity contribution is 5.77. The van der Waals surface area contributed by atoms with Gasteiger partial charge in [-0.3, -0.25) is 4.79 Å². The molecule has 0 aliphatic carbocycles. The number of rotatable bonds is 7. The molecule has 0 fully saturated rings. The number of hydrazine groups is 1. The van der Waals surface area contributed by atoms with Crippen molar-refractivity contribution in [3.05, 3.63) is 35.4 Å². The zero-order chi connectivity index (χ0) is 21.3. The Bertz CT molecular complexity index is 659. The third kappa shape index (κ3) is 6.14. The van der Waals surface area contributed by atoms with Crippen molar-refractivity contribution in [1.82, 2.24) is 10.4 Å². The molecule has 0 saturated carbocycles. The van der Waals surface area contributed by atoms with Crippen LogP contribution in [0.25, 0.3) is 0 Å². The topological polar surface area (TPSA) is 94.2 Å². The molecule has 1 aromatic carbocycles. The molecule has 0 spiro atoms. The SMILES string of the molecule is CCOC(=O)NN(C(=O)OCC)C(c1ccc(C(C)C(=O)OC)cc1)C(C)C. The first-order chi connectivity index (χ1) is 13.3. The first kappa shape index (κ1) is 23.3. The van der Waals surface area contributed by atoms with Crippen molar-refractivity contribution in [2.75, 3.05) is 20.3 Å². The number of carbonyl (C=O) groups excluding carboxylic acids is 3.